The van der Waals surface area contributed by atoms with Gasteiger partial charge in [0.1, 0.15) is 10.6 Å². The van der Waals surface area contributed by atoms with Gasteiger partial charge in [-0.3, -0.25) is 4.79 Å². The summed E-state index contributed by atoms with van der Waals surface area (Å²) in [5.41, 5.74) is -0.403. The van der Waals surface area contributed by atoms with E-state index in [1.165, 1.54) is 12.1 Å². The number of amides is 1. The summed E-state index contributed by atoms with van der Waals surface area (Å²) in [6, 6.07) is 9.62. The molecular weight excluding hydrogens is 431 g/mol. The first-order valence-electron chi connectivity index (χ1n) is 9.95. The van der Waals surface area contributed by atoms with Crippen LogP contribution in [0.1, 0.15) is 37.8 Å². The number of alkyl halides is 3. The van der Waals surface area contributed by atoms with Crippen LogP contribution >= 0.6 is 0 Å². The molecule has 0 saturated heterocycles. The Bertz CT molecular complexity index is 1050. The van der Waals surface area contributed by atoms with Crippen LogP contribution in [0.15, 0.2) is 53.4 Å². The molecule has 2 aromatic carbocycles. The fraction of sp³-hybridized carbons (Fsp3) is 0.409. The number of hydrogen-bond donors (Lipinski definition) is 0. The quantitative estimate of drug-likeness (QED) is 0.533. The standard InChI is InChI=1S/C22H24F3NO4S/c1-15(2)13-26(21(27)17-9-10-17)14-16-5-3-7-19(11-16)30-31(28,29)20-8-4-6-18(12-20)22(23,24)25/h3-8,11-12,15,17H,9-10,13-14H2,1-2H3. The molecule has 0 bridgehead atoms. The molecule has 9 heteroatoms. The SMILES string of the molecule is CC(C)CN(Cc1cccc(OS(=O)(=O)c2cccc(C(F)(F)F)c2)c1)C(=O)C1CC1. The average molecular weight is 455 g/mol. The third-order valence-electron chi connectivity index (χ3n) is 4.75. The number of halogens is 3. The van der Waals surface area contributed by atoms with Gasteiger partial charge in [0.05, 0.1) is 5.56 Å². The summed E-state index contributed by atoms with van der Waals surface area (Å²) in [5, 5.41) is 0. The summed E-state index contributed by atoms with van der Waals surface area (Å²) in [5.74, 6) is 0.373. The number of rotatable bonds is 8. The van der Waals surface area contributed by atoms with Crippen molar-refractivity contribution in [1.29, 1.82) is 0 Å². The van der Waals surface area contributed by atoms with Gasteiger partial charge in [0.15, 0.2) is 0 Å². The Morgan fingerprint density at radius 2 is 1.81 bits per heavy atom. The van der Waals surface area contributed by atoms with Crippen molar-refractivity contribution in [3.8, 4) is 5.75 Å². The van der Waals surface area contributed by atoms with Gasteiger partial charge >= 0.3 is 16.3 Å². The van der Waals surface area contributed by atoms with E-state index in [4.69, 9.17) is 4.18 Å². The lowest BCUT2D eigenvalue weighted by Crippen LogP contribution is -2.34. The van der Waals surface area contributed by atoms with Crippen LogP contribution in [-0.4, -0.2) is 25.8 Å². The molecule has 1 fully saturated rings. The fourth-order valence-corrected chi connectivity index (χ4v) is 4.15. The van der Waals surface area contributed by atoms with Gasteiger partial charge in [0.25, 0.3) is 0 Å². The summed E-state index contributed by atoms with van der Waals surface area (Å²) in [6.45, 7) is 4.89. The fourth-order valence-electron chi connectivity index (χ4n) is 3.18. The number of carbonyl (C=O) groups excluding carboxylic acids is 1. The van der Waals surface area contributed by atoms with Gasteiger partial charge in [-0.25, -0.2) is 0 Å². The molecule has 1 aliphatic carbocycles. The Balaban J connectivity index is 1.78. The van der Waals surface area contributed by atoms with Crippen molar-refractivity contribution in [2.45, 2.75) is 44.3 Å². The lowest BCUT2D eigenvalue weighted by molar-refractivity contribution is -0.137. The van der Waals surface area contributed by atoms with E-state index in [2.05, 4.69) is 0 Å². The Hall–Kier alpha value is -2.55. The maximum atomic E-state index is 12.9. The average Bonchev–Trinajstić information content (AvgIpc) is 3.51. The first-order chi connectivity index (χ1) is 14.5. The third-order valence-corrected chi connectivity index (χ3v) is 5.99. The number of nitrogens with zero attached hydrogens (tertiary/aromatic N) is 1. The summed E-state index contributed by atoms with van der Waals surface area (Å²) in [6.07, 6.45) is -2.91. The summed E-state index contributed by atoms with van der Waals surface area (Å²) < 4.78 is 68.8. The van der Waals surface area contributed by atoms with Crippen molar-refractivity contribution in [2.75, 3.05) is 6.54 Å². The van der Waals surface area contributed by atoms with Crippen LogP contribution in [0, 0.1) is 11.8 Å². The summed E-state index contributed by atoms with van der Waals surface area (Å²) in [7, 11) is -4.46. The first kappa shape index (κ1) is 23.1. The second kappa shape index (κ2) is 8.90. The normalized spacial score (nSPS) is 14.5. The molecule has 5 nitrogen and oxygen atoms in total. The Morgan fingerprint density at radius 3 is 2.42 bits per heavy atom. The smallest absolute Gasteiger partial charge is 0.379 e. The predicted molar refractivity (Wildman–Crippen MR) is 109 cm³/mol. The van der Waals surface area contributed by atoms with Gasteiger partial charge in [0, 0.05) is 19.0 Å². The van der Waals surface area contributed by atoms with Gasteiger partial charge in [-0.2, -0.15) is 21.6 Å². The molecule has 0 N–H and O–H groups in total. The van der Waals surface area contributed by atoms with Gasteiger partial charge in [-0.15, -0.1) is 0 Å². The van der Waals surface area contributed by atoms with Crippen molar-refractivity contribution >= 4 is 16.0 Å². The number of hydrogen-bond acceptors (Lipinski definition) is 4. The highest BCUT2D eigenvalue weighted by atomic mass is 32.2. The minimum Gasteiger partial charge on any atom is -0.379 e. The summed E-state index contributed by atoms with van der Waals surface area (Å²) >= 11 is 0. The zero-order valence-corrected chi connectivity index (χ0v) is 18.0. The Kier molecular flexibility index (Phi) is 6.64. The lowest BCUT2D eigenvalue weighted by atomic mass is 10.1. The molecule has 0 aliphatic heterocycles. The molecule has 3 rings (SSSR count). The molecular formula is C22H24F3NO4S. The minimum absolute atomic E-state index is 0.0294. The number of benzene rings is 2. The van der Waals surface area contributed by atoms with E-state index in [0.29, 0.717) is 24.7 Å². The van der Waals surface area contributed by atoms with E-state index in [9.17, 15) is 26.4 Å². The molecule has 1 saturated carbocycles. The van der Waals surface area contributed by atoms with Gasteiger partial charge in [-0.05, 0) is 54.7 Å². The van der Waals surface area contributed by atoms with Crippen molar-refractivity contribution in [1.82, 2.24) is 4.90 Å². The van der Waals surface area contributed by atoms with Crippen LogP contribution in [0.5, 0.6) is 5.75 Å². The molecule has 0 radical (unpaired) electrons. The van der Waals surface area contributed by atoms with Crippen molar-refractivity contribution in [3.05, 3.63) is 59.7 Å². The first-order valence-corrected chi connectivity index (χ1v) is 11.4. The molecule has 1 amide bonds. The van der Waals surface area contributed by atoms with E-state index in [-0.39, 0.29) is 23.5 Å². The highest BCUT2D eigenvalue weighted by Gasteiger charge is 2.34. The predicted octanol–water partition coefficient (Wildman–Crippen LogP) is 4.87. The van der Waals surface area contributed by atoms with Crippen molar-refractivity contribution in [3.63, 3.8) is 0 Å². The van der Waals surface area contributed by atoms with E-state index in [0.717, 1.165) is 31.0 Å². The van der Waals surface area contributed by atoms with E-state index >= 15 is 0 Å². The van der Waals surface area contributed by atoms with Crippen LogP contribution in [0.25, 0.3) is 0 Å². The lowest BCUT2D eigenvalue weighted by Gasteiger charge is -2.25. The van der Waals surface area contributed by atoms with E-state index in [1.54, 1.807) is 17.0 Å². The van der Waals surface area contributed by atoms with Crippen molar-refractivity contribution < 1.29 is 30.6 Å². The molecule has 0 unspecified atom stereocenters. The zero-order valence-electron chi connectivity index (χ0n) is 17.2. The van der Waals surface area contributed by atoms with Crippen LogP contribution < -0.4 is 4.18 Å². The van der Waals surface area contributed by atoms with E-state index in [1.807, 2.05) is 13.8 Å². The molecule has 0 atom stereocenters. The maximum Gasteiger partial charge on any atom is 0.416 e. The van der Waals surface area contributed by atoms with E-state index < -0.39 is 26.8 Å². The molecule has 0 aromatic heterocycles. The van der Waals surface area contributed by atoms with Crippen molar-refractivity contribution in [2.24, 2.45) is 11.8 Å². The minimum atomic E-state index is -4.67. The molecule has 31 heavy (non-hydrogen) atoms. The topological polar surface area (TPSA) is 63.7 Å². The second-order valence-corrected chi connectivity index (χ2v) is 9.64. The maximum absolute atomic E-state index is 12.9. The third kappa shape index (κ3) is 6.22. The van der Waals surface area contributed by atoms with Gasteiger partial charge < -0.3 is 9.08 Å². The summed E-state index contributed by atoms with van der Waals surface area (Å²) in [4.78, 5) is 13.7. The molecule has 168 valence electrons. The molecule has 0 spiro atoms. The monoisotopic (exact) mass is 455 g/mol. The van der Waals surface area contributed by atoms with Crippen LogP contribution in [0.2, 0.25) is 0 Å². The van der Waals surface area contributed by atoms with Crippen LogP contribution in [-0.2, 0) is 27.6 Å². The van der Waals surface area contributed by atoms with Gasteiger partial charge in [-0.1, -0.05) is 32.0 Å². The highest BCUT2D eigenvalue weighted by molar-refractivity contribution is 7.87. The Morgan fingerprint density at radius 1 is 1.13 bits per heavy atom. The highest BCUT2D eigenvalue weighted by Crippen LogP contribution is 2.33. The largest absolute Gasteiger partial charge is 0.416 e. The number of carbonyl (C=O) groups is 1. The van der Waals surface area contributed by atoms with Crippen LogP contribution in [0.3, 0.4) is 0 Å². The Labute approximate surface area is 179 Å². The molecule has 1 aliphatic rings. The molecule has 2 aromatic rings. The van der Waals surface area contributed by atoms with Crippen LogP contribution in [0.4, 0.5) is 13.2 Å². The molecule has 0 heterocycles. The second-order valence-electron chi connectivity index (χ2n) is 8.10. The van der Waals surface area contributed by atoms with Gasteiger partial charge in [0.2, 0.25) is 5.91 Å². The zero-order chi connectivity index (χ0) is 22.8.